The van der Waals surface area contributed by atoms with Crippen LogP contribution >= 0.6 is 15.9 Å². The van der Waals surface area contributed by atoms with Crippen LogP contribution in [0.2, 0.25) is 0 Å². The summed E-state index contributed by atoms with van der Waals surface area (Å²) in [5.74, 6) is -0.539. The molecule has 1 amide bonds. The predicted molar refractivity (Wildman–Crippen MR) is 85.7 cm³/mol. The van der Waals surface area contributed by atoms with Crippen LogP contribution in [0.3, 0.4) is 0 Å². The molecule has 2 aromatic rings. The number of halogens is 2. The second kappa shape index (κ2) is 6.58. The van der Waals surface area contributed by atoms with Crippen LogP contribution in [0.15, 0.2) is 40.9 Å². The first-order valence-corrected chi connectivity index (χ1v) is 7.10. The Labute approximate surface area is 130 Å². The van der Waals surface area contributed by atoms with Crippen molar-refractivity contribution >= 4 is 33.2 Å². The Bertz CT molecular complexity index is 676. The van der Waals surface area contributed by atoms with Gasteiger partial charge in [-0.1, -0.05) is 15.9 Å². The topological polar surface area (TPSA) is 67.2 Å². The van der Waals surface area contributed by atoms with Crippen LogP contribution in [0.4, 0.5) is 15.8 Å². The Kier molecular flexibility index (Phi) is 4.80. The summed E-state index contributed by atoms with van der Waals surface area (Å²) in [7, 11) is 1.55. The third-order valence-corrected chi connectivity index (χ3v) is 3.49. The fraction of sp³-hybridized carbons (Fsp3) is 0.133. The van der Waals surface area contributed by atoms with Gasteiger partial charge in [-0.25, -0.2) is 4.39 Å². The van der Waals surface area contributed by atoms with Gasteiger partial charge in [0.2, 0.25) is 0 Å². The lowest BCUT2D eigenvalue weighted by atomic mass is 10.1. The molecule has 21 heavy (non-hydrogen) atoms. The van der Waals surface area contributed by atoms with Gasteiger partial charge in [-0.05, 0) is 36.4 Å². The highest BCUT2D eigenvalue weighted by atomic mass is 79.9. The number of hydrogen-bond acceptors (Lipinski definition) is 3. The van der Waals surface area contributed by atoms with Crippen LogP contribution in [-0.2, 0) is 6.54 Å². The molecule has 0 heterocycles. The Hall–Kier alpha value is -2.08. The molecule has 0 aliphatic rings. The summed E-state index contributed by atoms with van der Waals surface area (Å²) in [6, 6.07) is 9.65. The van der Waals surface area contributed by atoms with Gasteiger partial charge < -0.3 is 16.4 Å². The molecule has 0 unspecified atom stereocenters. The summed E-state index contributed by atoms with van der Waals surface area (Å²) in [6.07, 6.45) is 0. The van der Waals surface area contributed by atoms with Gasteiger partial charge in [0.25, 0.3) is 5.91 Å². The molecule has 0 fully saturated rings. The van der Waals surface area contributed by atoms with Crippen LogP contribution < -0.4 is 16.4 Å². The van der Waals surface area contributed by atoms with Gasteiger partial charge in [-0.15, -0.1) is 0 Å². The number of carbonyl (C=O) groups excluding carboxylic acids is 1. The van der Waals surface area contributed by atoms with Crippen LogP contribution in [0.1, 0.15) is 15.9 Å². The van der Waals surface area contributed by atoms with E-state index in [0.717, 1.165) is 4.47 Å². The van der Waals surface area contributed by atoms with E-state index in [2.05, 4.69) is 26.6 Å². The Morgan fingerprint density at radius 1 is 1.29 bits per heavy atom. The van der Waals surface area contributed by atoms with E-state index < -0.39 is 0 Å². The molecule has 0 aliphatic heterocycles. The van der Waals surface area contributed by atoms with Crippen molar-refractivity contribution in [3.63, 3.8) is 0 Å². The highest BCUT2D eigenvalue weighted by Crippen LogP contribution is 2.22. The van der Waals surface area contributed by atoms with Crippen molar-refractivity contribution in [1.29, 1.82) is 0 Å². The molecular weight excluding hydrogens is 337 g/mol. The third kappa shape index (κ3) is 3.72. The van der Waals surface area contributed by atoms with Gasteiger partial charge in [0, 0.05) is 35.0 Å². The highest BCUT2D eigenvalue weighted by Gasteiger charge is 2.11. The maximum absolute atomic E-state index is 13.7. The van der Waals surface area contributed by atoms with E-state index in [1.807, 2.05) is 0 Å². The van der Waals surface area contributed by atoms with E-state index in [4.69, 9.17) is 5.73 Å². The van der Waals surface area contributed by atoms with Crippen molar-refractivity contribution in [2.45, 2.75) is 6.54 Å². The standard InChI is InChI=1S/C15H15BrFN3O/c1-19-15(21)12-4-3-11(18)7-14(12)20-8-9-6-10(16)2-5-13(9)17/h2-7,20H,8,18H2,1H3,(H,19,21). The maximum Gasteiger partial charge on any atom is 0.253 e. The number of hydrogen-bond donors (Lipinski definition) is 3. The summed E-state index contributed by atoms with van der Waals surface area (Å²) >= 11 is 3.30. The van der Waals surface area contributed by atoms with E-state index in [1.165, 1.54) is 6.07 Å². The lowest BCUT2D eigenvalue weighted by Crippen LogP contribution is -2.20. The molecule has 110 valence electrons. The molecule has 4 N–H and O–H groups in total. The summed E-state index contributed by atoms with van der Waals surface area (Å²) in [5, 5.41) is 5.61. The quantitative estimate of drug-likeness (QED) is 0.741. The molecular formula is C15H15BrFN3O. The van der Waals surface area contributed by atoms with Crippen molar-refractivity contribution in [3.8, 4) is 0 Å². The number of carbonyl (C=O) groups is 1. The minimum atomic E-state index is -0.309. The van der Waals surface area contributed by atoms with Crippen LogP contribution in [0, 0.1) is 5.82 Å². The molecule has 0 saturated carbocycles. The summed E-state index contributed by atoms with van der Waals surface area (Å²) in [4.78, 5) is 11.8. The SMILES string of the molecule is CNC(=O)c1ccc(N)cc1NCc1cc(Br)ccc1F. The number of nitrogen functional groups attached to an aromatic ring is 1. The van der Waals surface area contributed by atoms with E-state index in [-0.39, 0.29) is 18.3 Å². The smallest absolute Gasteiger partial charge is 0.253 e. The largest absolute Gasteiger partial charge is 0.399 e. The summed E-state index contributed by atoms with van der Waals surface area (Å²) < 4.78 is 14.5. The third-order valence-electron chi connectivity index (χ3n) is 2.99. The minimum Gasteiger partial charge on any atom is -0.399 e. The minimum absolute atomic E-state index is 0.229. The van der Waals surface area contributed by atoms with Crippen LogP contribution in [0.5, 0.6) is 0 Å². The fourth-order valence-electron chi connectivity index (χ4n) is 1.91. The van der Waals surface area contributed by atoms with Gasteiger partial charge in [0.05, 0.1) is 5.56 Å². The summed E-state index contributed by atoms with van der Waals surface area (Å²) in [6.45, 7) is 0.249. The molecule has 4 nitrogen and oxygen atoms in total. The average Bonchev–Trinajstić information content (AvgIpc) is 2.47. The summed E-state index contributed by atoms with van der Waals surface area (Å²) in [5.41, 5.74) is 7.79. The van der Waals surface area contributed by atoms with Gasteiger partial charge in [-0.3, -0.25) is 4.79 Å². The number of amides is 1. The molecule has 6 heteroatoms. The second-order valence-electron chi connectivity index (χ2n) is 4.47. The van der Waals surface area contributed by atoms with Gasteiger partial charge in [0.15, 0.2) is 0 Å². The molecule has 0 bridgehead atoms. The van der Waals surface area contributed by atoms with Crippen molar-refractivity contribution in [2.24, 2.45) is 0 Å². The zero-order chi connectivity index (χ0) is 15.4. The molecule has 0 aromatic heterocycles. The molecule has 0 spiro atoms. The predicted octanol–water partition coefficient (Wildman–Crippen LogP) is 3.14. The second-order valence-corrected chi connectivity index (χ2v) is 5.39. The first-order valence-electron chi connectivity index (χ1n) is 6.30. The molecule has 0 saturated heterocycles. The van der Waals surface area contributed by atoms with Crippen molar-refractivity contribution in [3.05, 3.63) is 57.8 Å². The van der Waals surface area contributed by atoms with Gasteiger partial charge in [-0.2, -0.15) is 0 Å². The van der Waals surface area contributed by atoms with E-state index in [9.17, 15) is 9.18 Å². The number of nitrogens with two attached hydrogens (primary N) is 1. The zero-order valence-corrected chi connectivity index (χ0v) is 13.0. The Morgan fingerprint density at radius 3 is 2.76 bits per heavy atom. The monoisotopic (exact) mass is 351 g/mol. The molecule has 0 radical (unpaired) electrons. The van der Waals surface area contributed by atoms with Crippen molar-refractivity contribution < 1.29 is 9.18 Å². The van der Waals surface area contributed by atoms with Crippen molar-refractivity contribution in [1.82, 2.24) is 5.32 Å². The fourth-order valence-corrected chi connectivity index (χ4v) is 2.32. The molecule has 0 aliphatic carbocycles. The Morgan fingerprint density at radius 2 is 2.05 bits per heavy atom. The number of benzene rings is 2. The first kappa shape index (κ1) is 15.3. The lowest BCUT2D eigenvalue weighted by Gasteiger charge is -2.13. The number of rotatable bonds is 4. The normalized spacial score (nSPS) is 10.2. The maximum atomic E-state index is 13.7. The molecule has 2 rings (SSSR count). The lowest BCUT2D eigenvalue weighted by molar-refractivity contribution is 0.0964. The van der Waals surface area contributed by atoms with Gasteiger partial charge >= 0.3 is 0 Å². The van der Waals surface area contributed by atoms with Gasteiger partial charge in [0.1, 0.15) is 5.82 Å². The van der Waals surface area contributed by atoms with Crippen LogP contribution in [0.25, 0.3) is 0 Å². The zero-order valence-electron chi connectivity index (χ0n) is 11.4. The average molecular weight is 352 g/mol. The Balaban J connectivity index is 2.25. The van der Waals surface area contributed by atoms with Crippen LogP contribution in [-0.4, -0.2) is 13.0 Å². The first-order chi connectivity index (χ1) is 10.0. The molecule has 2 aromatic carbocycles. The van der Waals surface area contributed by atoms with E-state index in [1.54, 1.807) is 37.4 Å². The van der Waals surface area contributed by atoms with Crippen molar-refractivity contribution in [2.75, 3.05) is 18.1 Å². The number of nitrogens with one attached hydrogen (secondary N) is 2. The highest BCUT2D eigenvalue weighted by molar-refractivity contribution is 9.10. The van der Waals surface area contributed by atoms with E-state index >= 15 is 0 Å². The number of anilines is 2. The molecule has 0 atom stereocenters. The van der Waals surface area contributed by atoms with E-state index in [0.29, 0.717) is 22.5 Å².